The van der Waals surface area contributed by atoms with Crippen LogP contribution in [0.2, 0.25) is 0 Å². The lowest BCUT2D eigenvalue weighted by Gasteiger charge is -2.14. The summed E-state index contributed by atoms with van der Waals surface area (Å²) in [6, 6.07) is 15.7. The second-order valence-corrected chi connectivity index (χ2v) is 6.38. The fraction of sp³-hybridized carbons (Fsp3) is 0.200. The van der Waals surface area contributed by atoms with E-state index >= 15 is 0 Å². The van der Waals surface area contributed by atoms with Crippen molar-refractivity contribution in [1.29, 1.82) is 0 Å². The van der Waals surface area contributed by atoms with Gasteiger partial charge in [0, 0.05) is 16.3 Å². The Morgan fingerprint density at radius 3 is 2.04 bits per heavy atom. The molecule has 0 saturated carbocycles. The van der Waals surface area contributed by atoms with Crippen LogP contribution in [0.15, 0.2) is 48.5 Å². The zero-order chi connectivity index (χ0) is 16.0. The van der Waals surface area contributed by atoms with Crippen LogP contribution >= 0.6 is 0 Å². The van der Waals surface area contributed by atoms with E-state index in [9.17, 15) is 5.11 Å². The molecule has 114 valence electrons. The highest BCUT2D eigenvalue weighted by atomic mass is 16.3. The first-order chi connectivity index (χ1) is 11.1. The highest BCUT2D eigenvalue weighted by molar-refractivity contribution is 6.10. The predicted octanol–water partition coefficient (Wildman–Crippen LogP) is 4.84. The number of aromatic nitrogens is 2. The molecule has 0 bridgehead atoms. The molecular weight excluding hydrogens is 284 g/mol. The van der Waals surface area contributed by atoms with Crippen molar-refractivity contribution in [3.8, 4) is 5.75 Å². The Kier molecular flexibility index (Phi) is 3.15. The van der Waals surface area contributed by atoms with Crippen LogP contribution in [0.5, 0.6) is 5.75 Å². The van der Waals surface area contributed by atoms with Gasteiger partial charge in [-0.05, 0) is 24.5 Å². The summed E-state index contributed by atoms with van der Waals surface area (Å²) in [5.41, 5.74) is 4.32. The van der Waals surface area contributed by atoms with Crippen molar-refractivity contribution in [2.45, 2.75) is 20.3 Å². The smallest absolute Gasteiger partial charge is 0.128 e. The van der Waals surface area contributed by atoms with Crippen molar-refractivity contribution in [1.82, 2.24) is 9.97 Å². The first-order valence-electron chi connectivity index (χ1n) is 7.94. The van der Waals surface area contributed by atoms with E-state index < -0.39 is 0 Å². The molecule has 0 aliphatic carbocycles. The highest BCUT2D eigenvalue weighted by Gasteiger charge is 2.17. The standard InChI is InChI=1S/C20H18N2O/c1-12(2)11-15-19-18(13-7-3-4-8-14(13)20(15)23)21-16-9-5-6-10-17(16)22-19/h3-10,12,23H,11H2,1-2H3. The van der Waals surface area contributed by atoms with Gasteiger partial charge in [0.1, 0.15) is 5.75 Å². The SMILES string of the molecule is CC(C)Cc1c(O)c2ccccc2c2nc3ccccc3nc12. The summed E-state index contributed by atoms with van der Waals surface area (Å²) in [5.74, 6) is 0.768. The third-order valence-electron chi connectivity index (χ3n) is 4.19. The van der Waals surface area contributed by atoms with Gasteiger partial charge in [-0.1, -0.05) is 50.2 Å². The third kappa shape index (κ3) is 2.20. The zero-order valence-electron chi connectivity index (χ0n) is 13.2. The maximum atomic E-state index is 10.8. The fourth-order valence-electron chi connectivity index (χ4n) is 3.17. The van der Waals surface area contributed by atoms with Gasteiger partial charge in [-0.25, -0.2) is 9.97 Å². The van der Waals surface area contributed by atoms with Gasteiger partial charge < -0.3 is 5.11 Å². The van der Waals surface area contributed by atoms with E-state index in [1.807, 2.05) is 48.5 Å². The molecule has 0 aliphatic heterocycles. The van der Waals surface area contributed by atoms with Crippen molar-refractivity contribution in [2.24, 2.45) is 5.92 Å². The molecule has 3 aromatic carbocycles. The second-order valence-electron chi connectivity index (χ2n) is 6.38. The molecule has 0 radical (unpaired) electrons. The number of hydrogen-bond donors (Lipinski definition) is 1. The lowest BCUT2D eigenvalue weighted by atomic mass is 9.96. The monoisotopic (exact) mass is 302 g/mol. The normalized spacial score (nSPS) is 11.8. The number of nitrogens with zero attached hydrogens (tertiary/aromatic N) is 2. The van der Waals surface area contributed by atoms with Crippen LogP contribution in [0.3, 0.4) is 0 Å². The Balaban J connectivity index is 2.23. The maximum absolute atomic E-state index is 10.8. The van der Waals surface area contributed by atoms with Crippen LogP contribution in [0.25, 0.3) is 32.8 Å². The Morgan fingerprint density at radius 2 is 1.39 bits per heavy atom. The maximum Gasteiger partial charge on any atom is 0.128 e. The number of fused-ring (bicyclic) bond motifs is 4. The molecule has 3 nitrogen and oxygen atoms in total. The lowest BCUT2D eigenvalue weighted by molar-refractivity contribution is 0.470. The second kappa shape index (κ2) is 5.20. The van der Waals surface area contributed by atoms with Gasteiger partial charge in [0.25, 0.3) is 0 Å². The van der Waals surface area contributed by atoms with E-state index in [0.717, 1.165) is 44.8 Å². The van der Waals surface area contributed by atoms with E-state index in [1.165, 1.54) is 0 Å². The third-order valence-corrected chi connectivity index (χ3v) is 4.19. The van der Waals surface area contributed by atoms with Gasteiger partial charge in [-0.15, -0.1) is 0 Å². The molecule has 3 heteroatoms. The van der Waals surface area contributed by atoms with Crippen LogP contribution < -0.4 is 0 Å². The molecule has 1 N–H and O–H groups in total. The van der Waals surface area contributed by atoms with Crippen molar-refractivity contribution in [3.63, 3.8) is 0 Å². The van der Waals surface area contributed by atoms with Crippen molar-refractivity contribution in [2.75, 3.05) is 0 Å². The molecule has 0 spiro atoms. The van der Waals surface area contributed by atoms with E-state index in [0.29, 0.717) is 11.7 Å². The van der Waals surface area contributed by atoms with Crippen LogP contribution in [-0.4, -0.2) is 15.1 Å². The summed E-state index contributed by atoms with van der Waals surface area (Å²) in [7, 11) is 0. The van der Waals surface area contributed by atoms with Gasteiger partial charge in [0.05, 0.1) is 22.1 Å². The number of rotatable bonds is 2. The van der Waals surface area contributed by atoms with Gasteiger partial charge in [-0.2, -0.15) is 0 Å². The molecule has 0 aliphatic rings. The number of hydrogen-bond acceptors (Lipinski definition) is 3. The first-order valence-corrected chi connectivity index (χ1v) is 7.94. The van der Waals surface area contributed by atoms with Gasteiger partial charge in [0.15, 0.2) is 0 Å². The summed E-state index contributed by atoms with van der Waals surface area (Å²) < 4.78 is 0. The number of benzene rings is 3. The Bertz CT molecular complexity index is 1040. The van der Waals surface area contributed by atoms with Crippen molar-refractivity contribution in [3.05, 3.63) is 54.1 Å². The average Bonchev–Trinajstić information content (AvgIpc) is 2.57. The fourth-order valence-corrected chi connectivity index (χ4v) is 3.17. The Hall–Kier alpha value is -2.68. The highest BCUT2D eigenvalue weighted by Crippen LogP contribution is 2.37. The molecule has 4 aromatic rings. The van der Waals surface area contributed by atoms with E-state index in [4.69, 9.17) is 9.97 Å². The molecule has 0 saturated heterocycles. The molecule has 0 amide bonds. The Labute approximate surface area is 134 Å². The number of para-hydroxylation sites is 2. The minimum Gasteiger partial charge on any atom is -0.507 e. The van der Waals surface area contributed by atoms with E-state index in [2.05, 4.69) is 13.8 Å². The minimum absolute atomic E-state index is 0.339. The quantitative estimate of drug-likeness (QED) is 0.425. The van der Waals surface area contributed by atoms with E-state index in [-0.39, 0.29) is 0 Å². The first kappa shape index (κ1) is 13.9. The molecule has 0 atom stereocenters. The van der Waals surface area contributed by atoms with Gasteiger partial charge in [-0.3, -0.25) is 0 Å². The Morgan fingerprint density at radius 1 is 0.826 bits per heavy atom. The van der Waals surface area contributed by atoms with Gasteiger partial charge >= 0.3 is 0 Å². The van der Waals surface area contributed by atoms with Gasteiger partial charge in [0.2, 0.25) is 0 Å². The predicted molar refractivity (Wildman–Crippen MR) is 94.8 cm³/mol. The van der Waals surface area contributed by atoms with Crippen LogP contribution in [0.4, 0.5) is 0 Å². The molecule has 0 fully saturated rings. The number of phenolic OH excluding ortho intramolecular Hbond substituents is 1. The zero-order valence-corrected chi connectivity index (χ0v) is 13.2. The minimum atomic E-state index is 0.339. The van der Waals surface area contributed by atoms with E-state index in [1.54, 1.807) is 0 Å². The molecule has 0 unspecified atom stereocenters. The summed E-state index contributed by atoms with van der Waals surface area (Å²) in [5, 5.41) is 12.6. The number of phenols is 1. The van der Waals surface area contributed by atoms with Crippen LogP contribution in [-0.2, 0) is 6.42 Å². The largest absolute Gasteiger partial charge is 0.507 e. The van der Waals surface area contributed by atoms with Crippen molar-refractivity contribution >= 4 is 32.8 Å². The van der Waals surface area contributed by atoms with Crippen LogP contribution in [0.1, 0.15) is 19.4 Å². The molecule has 1 aromatic heterocycles. The number of aromatic hydroxyl groups is 1. The topological polar surface area (TPSA) is 46.0 Å². The summed E-state index contributed by atoms with van der Waals surface area (Å²) in [6.45, 7) is 4.30. The molecular formula is C20H18N2O. The summed E-state index contributed by atoms with van der Waals surface area (Å²) in [6.07, 6.45) is 0.778. The van der Waals surface area contributed by atoms with Crippen LogP contribution in [0, 0.1) is 5.92 Å². The molecule has 4 rings (SSSR count). The van der Waals surface area contributed by atoms with Crippen molar-refractivity contribution < 1.29 is 5.11 Å². The molecule has 1 heterocycles. The molecule has 23 heavy (non-hydrogen) atoms. The average molecular weight is 302 g/mol. The summed E-state index contributed by atoms with van der Waals surface area (Å²) >= 11 is 0. The lowest BCUT2D eigenvalue weighted by Crippen LogP contribution is -2.00. The summed E-state index contributed by atoms with van der Waals surface area (Å²) in [4.78, 5) is 9.66.